The van der Waals surface area contributed by atoms with E-state index in [-0.39, 0.29) is 5.91 Å². The quantitative estimate of drug-likeness (QED) is 0.514. The SMILES string of the molecule is C=C/C=C(\C)NC(=O)CC/C=C/CF. The van der Waals surface area contributed by atoms with Crippen molar-refractivity contribution < 1.29 is 9.18 Å². The van der Waals surface area contributed by atoms with Gasteiger partial charge >= 0.3 is 0 Å². The van der Waals surface area contributed by atoms with E-state index in [1.165, 1.54) is 6.08 Å². The van der Waals surface area contributed by atoms with Gasteiger partial charge < -0.3 is 5.32 Å². The van der Waals surface area contributed by atoms with Crippen LogP contribution in [0.15, 0.2) is 36.6 Å². The molecule has 3 heteroatoms. The summed E-state index contributed by atoms with van der Waals surface area (Å²) in [6.07, 6.45) is 7.33. The number of nitrogens with one attached hydrogen (secondary N) is 1. The summed E-state index contributed by atoms with van der Waals surface area (Å²) in [5.41, 5.74) is 0.763. The van der Waals surface area contributed by atoms with Gasteiger partial charge in [0, 0.05) is 12.1 Å². The van der Waals surface area contributed by atoms with E-state index in [1.54, 1.807) is 25.2 Å². The van der Waals surface area contributed by atoms with Crippen molar-refractivity contribution in [3.05, 3.63) is 36.6 Å². The van der Waals surface area contributed by atoms with Crippen LogP contribution in [0.25, 0.3) is 0 Å². The van der Waals surface area contributed by atoms with Crippen LogP contribution < -0.4 is 5.32 Å². The number of amides is 1. The van der Waals surface area contributed by atoms with Gasteiger partial charge in [-0.05, 0) is 19.4 Å². The highest BCUT2D eigenvalue weighted by atomic mass is 19.1. The minimum atomic E-state index is -0.475. The molecule has 14 heavy (non-hydrogen) atoms. The third kappa shape index (κ3) is 7.28. The van der Waals surface area contributed by atoms with E-state index in [2.05, 4.69) is 11.9 Å². The molecule has 0 aromatic heterocycles. The molecule has 0 heterocycles. The smallest absolute Gasteiger partial charge is 0.224 e. The second kappa shape index (κ2) is 8.23. The molecular formula is C11H16FNO. The first-order valence-corrected chi connectivity index (χ1v) is 4.51. The maximum atomic E-state index is 11.6. The summed E-state index contributed by atoms with van der Waals surface area (Å²) in [7, 11) is 0. The Kier molecular flexibility index (Phi) is 7.42. The molecule has 0 bridgehead atoms. The lowest BCUT2D eigenvalue weighted by molar-refractivity contribution is -0.120. The summed E-state index contributed by atoms with van der Waals surface area (Å²) in [5, 5.41) is 2.68. The molecule has 0 aliphatic rings. The Balaban J connectivity index is 3.70. The van der Waals surface area contributed by atoms with Crippen LogP contribution in [0.2, 0.25) is 0 Å². The summed E-state index contributed by atoms with van der Waals surface area (Å²) in [5.74, 6) is -0.0656. The highest BCUT2D eigenvalue weighted by Crippen LogP contribution is 1.94. The van der Waals surface area contributed by atoms with Gasteiger partial charge in [-0.25, -0.2) is 4.39 Å². The molecule has 0 spiro atoms. The van der Waals surface area contributed by atoms with E-state index in [4.69, 9.17) is 0 Å². The number of hydrogen-bond acceptors (Lipinski definition) is 1. The van der Waals surface area contributed by atoms with E-state index < -0.39 is 6.67 Å². The third-order valence-electron chi connectivity index (χ3n) is 1.50. The molecule has 0 aromatic carbocycles. The molecule has 0 aliphatic heterocycles. The minimum Gasteiger partial charge on any atom is -0.330 e. The van der Waals surface area contributed by atoms with Crippen LogP contribution in [-0.4, -0.2) is 12.6 Å². The van der Waals surface area contributed by atoms with Gasteiger partial charge in [0.25, 0.3) is 0 Å². The van der Waals surface area contributed by atoms with Crippen molar-refractivity contribution >= 4 is 5.91 Å². The number of carbonyl (C=O) groups excluding carboxylic acids is 1. The van der Waals surface area contributed by atoms with Crippen molar-refractivity contribution in [2.45, 2.75) is 19.8 Å². The number of allylic oxidation sites excluding steroid dienone is 5. The third-order valence-corrected chi connectivity index (χ3v) is 1.50. The van der Waals surface area contributed by atoms with Crippen LogP contribution in [0.4, 0.5) is 4.39 Å². The fourth-order valence-corrected chi connectivity index (χ4v) is 0.896. The zero-order valence-electron chi connectivity index (χ0n) is 8.42. The summed E-state index contributed by atoms with van der Waals surface area (Å²) in [6, 6.07) is 0. The summed E-state index contributed by atoms with van der Waals surface area (Å²) < 4.78 is 11.6. The Hall–Kier alpha value is -1.38. The first-order valence-electron chi connectivity index (χ1n) is 4.51. The second-order valence-electron chi connectivity index (χ2n) is 2.80. The predicted molar refractivity (Wildman–Crippen MR) is 56.4 cm³/mol. The lowest BCUT2D eigenvalue weighted by Crippen LogP contribution is -2.20. The van der Waals surface area contributed by atoms with Crippen LogP contribution in [0.3, 0.4) is 0 Å². The van der Waals surface area contributed by atoms with Gasteiger partial charge in [0.15, 0.2) is 0 Å². The molecule has 0 aliphatic carbocycles. The topological polar surface area (TPSA) is 29.1 Å². The van der Waals surface area contributed by atoms with Crippen molar-refractivity contribution in [1.82, 2.24) is 5.32 Å². The Labute approximate surface area is 84.2 Å². The number of hydrogen-bond donors (Lipinski definition) is 1. The molecule has 1 amide bonds. The lowest BCUT2D eigenvalue weighted by Gasteiger charge is -2.02. The van der Waals surface area contributed by atoms with Gasteiger partial charge in [0.05, 0.1) is 0 Å². The summed E-state index contributed by atoms with van der Waals surface area (Å²) in [4.78, 5) is 11.2. The average Bonchev–Trinajstić information content (AvgIpc) is 2.13. The standard InChI is InChI=1S/C11H16FNO/c1-3-7-10(2)13-11(14)8-5-4-6-9-12/h3-4,6-7H,1,5,8-9H2,2H3,(H,13,14)/b6-4+,10-7+. The molecule has 0 fully saturated rings. The zero-order chi connectivity index (χ0) is 10.8. The van der Waals surface area contributed by atoms with Gasteiger partial charge in [0.2, 0.25) is 5.91 Å². The monoisotopic (exact) mass is 197 g/mol. The molecule has 0 unspecified atom stereocenters. The summed E-state index contributed by atoms with van der Waals surface area (Å²) >= 11 is 0. The van der Waals surface area contributed by atoms with E-state index in [0.29, 0.717) is 12.8 Å². The normalized spacial score (nSPS) is 11.7. The van der Waals surface area contributed by atoms with E-state index in [0.717, 1.165) is 5.70 Å². The van der Waals surface area contributed by atoms with Gasteiger partial charge in [-0.3, -0.25) is 4.79 Å². The van der Waals surface area contributed by atoms with Crippen molar-refractivity contribution in [2.75, 3.05) is 6.67 Å². The first kappa shape index (κ1) is 12.6. The molecule has 0 radical (unpaired) electrons. The minimum absolute atomic E-state index is 0.0656. The van der Waals surface area contributed by atoms with Gasteiger partial charge in [-0.15, -0.1) is 0 Å². The Bertz CT molecular complexity index is 244. The highest BCUT2D eigenvalue weighted by molar-refractivity contribution is 5.77. The molecule has 0 aromatic rings. The Morgan fingerprint density at radius 2 is 2.21 bits per heavy atom. The van der Waals surface area contributed by atoms with E-state index >= 15 is 0 Å². The van der Waals surface area contributed by atoms with Crippen LogP contribution in [-0.2, 0) is 4.79 Å². The first-order chi connectivity index (χ1) is 6.70. The fraction of sp³-hybridized carbons (Fsp3) is 0.364. The summed E-state index contributed by atoms with van der Waals surface area (Å²) in [6.45, 7) is 4.83. The molecular weight excluding hydrogens is 181 g/mol. The Morgan fingerprint density at radius 3 is 2.79 bits per heavy atom. The number of alkyl halides is 1. The van der Waals surface area contributed by atoms with Gasteiger partial charge in [-0.2, -0.15) is 0 Å². The molecule has 0 atom stereocenters. The van der Waals surface area contributed by atoms with E-state index in [1.807, 2.05) is 0 Å². The predicted octanol–water partition coefficient (Wildman–Crippen LogP) is 2.50. The van der Waals surface area contributed by atoms with Crippen molar-refractivity contribution in [2.24, 2.45) is 0 Å². The maximum Gasteiger partial charge on any atom is 0.224 e. The number of rotatable bonds is 6. The second-order valence-corrected chi connectivity index (χ2v) is 2.80. The van der Waals surface area contributed by atoms with Gasteiger partial charge in [-0.1, -0.05) is 24.8 Å². The maximum absolute atomic E-state index is 11.6. The van der Waals surface area contributed by atoms with Crippen LogP contribution in [0.1, 0.15) is 19.8 Å². The molecule has 0 rings (SSSR count). The average molecular weight is 197 g/mol. The van der Waals surface area contributed by atoms with Crippen molar-refractivity contribution in [3.8, 4) is 0 Å². The van der Waals surface area contributed by atoms with Crippen LogP contribution >= 0.6 is 0 Å². The Morgan fingerprint density at radius 1 is 1.50 bits per heavy atom. The molecule has 78 valence electrons. The number of carbonyl (C=O) groups is 1. The van der Waals surface area contributed by atoms with Crippen molar-refractivity contribution in [1.29, 1.82) is 0 Å². The fourth-order valence-electron chi connectivity index (χ4n) is 0.896. The van der Waals surface area contributed by atoms with Crippen LogP contribution in [0, 0.1) is 0 Å². The van der Waals surface area contributed by atoms with Crippen molar-refractivity contribution in [3.63, 3.8) is 0 Å². The molecule has 1 N–H and O–H groups in total. The van der Waals surface area contributed by atoms with E-state index in [9.17, 15) is 9.18 Å². The molecule has 0 saturated carbocycles. The number of halogens is 1. The highest BCUT2D eigenvalue weighted by Gasteiger charge is 1.98. The lowest BCUT2D eigenvalue weighted by atomic mass is 10.2. The van der Waals surface area contributed by atoms with Crippen LogP contribution in [0.5, 0.6) is 0 Å². The molecule has 0 saturated heterocycles. The van der Waals surface area contributed by atoms with Gasteiger partial charge in [0.1, 0.15) is 6.67 Å². The molecule has 2 nitrogen and oxygen atoms in total. The largest absolute Gasteiger partial charge is 0.330 e. The zero-order valence-corrected chi connectivity index (χ0v) is 8.42.